The van der Waals surface area contributed by atoms with E-state index in [0.717, 1.165) is 6.07 Å². The number of pyridine rings is 1. The van der Waals surface area contributed by atoms with Gasteiger partial charge in [0.1, 0.15) is 11.5 Å². The van der Waals surface area contributed by atoms with Crippen LogP contribution in [0.25, 0.3) is 0 Å². The number of aromatic nitrogens is 1. The van der Waals surface area contributed by atoms with Crippen molar-refractivity contribution in [2.75, 3.05) is 25.0 Å². The molecule has 0 bridgehead atoms. The lowest BCUT2D eigenvalue weighted by molar-refractivity contribution is -0.141. The van der Waals surface area contributed by atoms with Gasteiger partial charge in [-0.15, -0.1) is 0 Å². The molecule has 0 aliphatic heterocycles. The highest BCUT2D eigenvalue weighted by atomic mass is 19.4. The molecule has 0 saturated carbocycles. The van der Waals surface area contributed by atoms with Crippen molar-refractivity contribution in [3.8, 4) is 0 Å². The van der Waals surface area contributed by atoms with Crippen LogP contribution in [0.1, 0.15) is 12.1 Å². The summed E-state index contributed by atoms with van der Waals surface area (Å²) in [5.41, 5.74) is 4.46. The number of nitrogens with zero attached hydrogens (tertiary/aromatic N) is 2. The minimum absolute atomic E-state index is 0.309. The van der Waals surface area contributed by atoms with Crippen LogP contribution < -0.4 is 10.6 Å². The summed E-state index contributed by atoms with van der Waals surface area (Å²) in [7, 11) is 1.69. The zero-order valence-corrected chi connectivity index (χ0v) is 8.96. The summed E-state index contributed by atoms with van der Waals surface area (Å²) in [6.07, 6.45) is -3.68. The van der Waals surface area contributed by atoms with Crippen LogP contribution in [0.2, 0.25) is 0 Å². The Kier molecular flexibility index (Phi) is 4.12. The highest BCUT2D eigenvalue weighted by Gasteiger charge is 2.32. The summed E-state index contributed by atoms with van der Waals surface area (Å²) in [6, 6.07) is 3.86. The highest BCUT2D eigenvalue weighted by molar-refractivity contribution is 5.38. The minimum atomic E-state index is -4.40. The lowest BCUT2D eigenvalue weighted by Crippen LogP contribution is -2.23. The van der Waals surface area contributed by atoms with E-state index in [9.17, 15) is 13.2 Å². The predicted molar refractivity (Wildman–Crippen MR) is 56.2 cm³/mol. The lowest BCUT2D eigenvalue weighted by Gasteiger charge is -2.18. The fraction of sp³-hybridized carbons (Fsp3) is 0.500. The van der Waals surface area contributed by atoms with E-state index in [1.54, 1.807) is 18.0 Å². The van der Waals surface area contributed by atoms with Crippen molar-refractivity contribution in [3.05, 3.63) is 23.9 Å². The Morgan fingerprint density at radius 3 is 2.62 bits per heavy atom. The molecule has 0 radical (unpaired) electrons. The molecule has 0 unspecified atom stereocenters. The Labute approximate surface area is 92.1 Å². The molecule has 1 aromatic heterocycles. The second-order valence-electron chi connectivity index (χ2n) is 3.44. The molecular formula is C10H14F3N3. The summed E-state index contributed by atoms with van der Waals surface area (Å²) < 4.78 is 37.1. The first-order valence-electron chi connectivity index (χ1n) is 4.90. The van der Waals surface area contributed by atoms with Gasteiger partial charge in [0.25, 0.3) is 0 Å². The Hall–Kier alpha value is -1.30. The van der Waals surface area contributed by atoms with Crippen molar-refractivity contribution in [1.82, 2.24) is 4.98 Å². The quantitative estimate of drug-likeness (QED) is 0.863. The molecule has 6 heteroatoms. The molecule has 0 aliphatic carbocycles. The van der Waals surface area contributed by atoms with Gasteiger partial charge in [0.2, 0.25) is 0 Å². The summed E-state index contributed by atoms with van der Waals surface area (Å²) >= 11 is 0. The molecule has 0 amide bonds. The number of halogens is 3. The van der Waals surface area contributed by atoms with Crippen LogP contribution in [0.5, 0.6) is 0 Å². The van der Waals surface area contributed by atoms with E-state index in [1.807, 2.05) is 0 Å². The Morgan fingerprint density at radius 1 is 1.38 bits per heavy atom. The number of nitrogens with two attached hydrogens (primary N) is 1. The molecule has 3 nitrogen and oxygen atoms in total. The van der Waals surface area contributed by atoms with E-state index in [4.69, 9.17) is 5.73 Å². The van der Waals surface area contributed by atoms with E-state index < -0.39 is 11.9 Å². The standard InChI is InChI=1S/C10H14F3N3/c1-16(7-3-6-14)9-5-2-4-8(15-9)10(11,12)13/h2,4-5H,3,6-7,14H2,1H3. The smallest absolute Gasteiger partial charge is 0.360 e. The van der Waals surface area contributed by atoms with Crippen molar-refractivity contribution in [2.24, 2.45) is 5.73 Å². The van der Waals surface area contributed by atoms with Gasteiger partial charge in [-0.2, -0.15) is 13.2 Å². The number of hydrogen-bond donors (Lipinski definition) is 1. The van der Waals surface area contributed by atoms with E-state index in [0.29, 0.717) is 25.3 Å². The molecule has 0 aliphatic rings. The molecule has 1 heterocycles. The largest absolute Gasteiger partial charge is 0.433 e. The maximum atomic E-state index is 12.4. The Bertz CT molecular complexity index is 338. The predicted octanol–water partition coefficient (Wildman–Crippen LogP) is 1.89. The van der Waals surface area contributed by atoms with Crippen LogP contribution in [0, 0.1) is 0 Å². The normalized spacial score (nSPS) is 11.6. The van der Waals surface area contributed by atoms with Crippen LogP contribution in [0.15, 0.2) is 18.2 Å². The lowest BCUT2D eigenvalue weighted by atomic mass is 10.3. The van der Waals surface area contributed by atoms with Gasteiger partial charge in [-0.25, -0.2) is 4.98 Å². The maximum absolute atomic E-state index is 12.4. The first-order valence-corrected chi connectivity index (χ1v) is 4.90. The zero-order chi connectivity index (χ0) is 12.2. The average molecular weight is 233 g/mol. The van der Waals surface area contributed by atoms with Gasteiger partial charge in [0.05, 0.1) is 0 Å². The summed E-state index contributed by atoms with van der Waals surface area (Å²) in [5, 5.41) is 0. The van der Waals surface area contributed by atoms with Crippen molar-refractivity contribution in [3.63, 3.8) is 0 Å². The van der Waals surface area contributed by atoms with Crippen molar-refractivity contribution >= 4 is 5.82 Å². The summed E-state index contributed by atoms with van der Waals surface area (Å²) in [5.74, 6) is 0.309. The van der Waals surface area contributed by atoms with E-state index in [-0.39, 0.29) is 0 Å². The summed E-state index contributed by atoms with van der Waals surface area (Å²) in [6.45, 7) is 1.09. The second kappa shape index (κ2) is 5.16. The average Bonchev–Trinajstić information content (AvgIpc) is 2.25. The number of alkyl halides is 3. The summed E-state index contributed by atoms with van der Waals surface area (Å²) in [4.78, 5) is 5.21. The molecular weight excluding hydrogens is 219 g/mol. The fourth-order valence-electron chi connectivity index (χ4n) is 1.24. The topological polar surface area (TPSA) is 42.1 Å². The fourth-order valence-corrected chi connectivity index (χ4v) is 1.24. The van der Waals surface area contributed by atoms with E-state index in [2.05, 4.69) is 4.98 Å². The van der Waals surface area contributed by atoms with Gasteiger partial charge < -0.3 is 10.6 Å². The first-order chi connectivity index (χ1) is 7.45. The van der Waals surface area contributed by atoms with Crippen LogP contribution in [0.4, 0.5) is 19.0 Å². The van der Waals surface area contributed by atoms with E-state index >= 15 is 0 Å². The van der Waals surface area contributed by atoms with Crippen molar-refractivity contribution < 1.29 is 13.2 Å². The number of hydrogen-bond acceptors (Lipinski definition) is 3. The molecule has 0 atom stereocenters. The van der Waals surface area contributed by atoms with Gasteiger partial charge in [-0.3, -0.25) is 0 Å². The third-order valence-corrected chi connectivity index (χ3v) is 2.11. The van der Waals surface area contributed by atoms with Crippen LogP contribution in [-0.4, -0.2) is 25.1 Å². The third kappa shape index (κ3) is 3.37. The van der Waals surface area contributed by atoms with Gasteiger partial charge in [-0.05, 0) is 25.1 Å². The van der Waals surface area contributed by atoms with Gasteiger partial charge in [0.15, 0.2) is 0 Å². The number of anilines is 1. The van der Waals surface area contributed by atoms with Gasteiger partial charge >= 0.3 is 6.18 Å². The molecule has 1 aromatic rings. The monoisotopic (exact) mass is 233 g/mol. The maximum Gasteiger partial charge on any atom is 0.433 e. The van der Waals surface area contributed by atoms with Crippen molar-refractivity contribution in [2.45, 2.75) is 12.6 Å². The molecule has 0 saturated heterocycles. The van der Waals surface area contributed by atoms with Crippen LogP contribution in [0.3, 0.4) is 0 Å². The van der Waals surface area contributed by atoms with Crippen LogP contribution in [-0.2, 0) is 6.18 Å². The molecule has 1 rings (SSSR count). The van der Waals surface area contributed by atoms with Gasteiger partial charge in [0, 0.05) is 13.6 Å². The third-order valence-electron chi connectivity index (χ3n) is 2.11. The highest BCUT2D eigenvalue weighted by Crippen LogP contribution is 2.28. The molecule has 2 N–H and O–H groups in total. The Balaban J connectivity index is 2.82. The molecule has 16 heavy (non-hydrogen) atoms. The minimum Gasteiger partial charge on any atom is -0.360 e. The zero-order valence-electron chi connectivity index (χ0n) is 8.96. The SMILES string of the molecule is CN(CCCN)c1cccc(C(F)(F)F)n1. The van der Waals surface area contributed by atoms with E-state index in [1.165, 1.54) is 6.07 Å². The van der Waals surface area contributed by atoms with Crippen LogP contribution >= 0.6 is 0 Å². The van der Waals surface area contributed by atoms with Gasteiger partial charge in [-0.1, -0.05) is 6.07 Å². The molecule has 0 aromatic carbocycles. The van der Waals surface area contributed by atoms with Crippen molar-refractivity contribution in [1.29, 1.82) is 0 Å². The number of rotatable bonds is 4. The molecule has 0 fully saturated rings. The second-order valence-corrected chi connectivity index (χ2v) is 3.44. The molecule has 0 spiro atoms. The first kappa shape index (κ1) is 12.8. The Morgan fingerprint density at radius 2 is 2.06 bits per heavy atom. The molecule has 90 valence electrons.